The van der Waals surface area contributed by atoms with E-state index >= 15 is 0 Å². The summed E-state index contributed by atoms with van der Waals surface area (Å²) in [7, 11) is 0. The number of ether oxygens (including phenoxy) is 1. The Labute approximate surface area is 225 Å². The number of thiazole rings is 1. The van der Waals surface area contributed by atoms with Crippen LogP contribution in [0.4, 0.5) is 9.52 Å². The van der Waals surface area contributed by atoms with Gasteiger partial charge in [0.05, 0.1) is 28.4 Å². The summed E-state index contributed by atoms with van der Waals surface area (Å²) in [5, 5.41) is 11.6. The fraction of sp³-hybridized carbons (Fsp3) is 0.179. The van der Waals surface area contributed by atoms with Gasteiger partial charge in [0.25, 0.3) is 5.78 Å². The lowest BCUT2D eigenvalue weighted by atomic mass is 9.95. The second-order valence-corrected chi connectivity index (χ2v) is 10.5. The molecule has 37 heavy (non-hydrogen) atoms. The first kappa shape index (κ1) is 25.1. The molecule has 5 rings (SSSR count). The van der Waals surface area contributed by atoms with E-state index in [4.69, 9.17) is 4.74 Å². The highest BCUT2D eigenvalue weighted by molar-refractivity contribution is 9.10. The Bertz CT molecular complexity index is 1550. The monoisotopic (exact) mass is 580 g/mol. The number of ketones is 1. The van der Waals surface area contributed by atoms with Crippen molar-refractivity contribution in [2.75, 3.05) is 11.5 Å². The van der Waals surface area contributed by atoms with E-state index in [1.54, 1.807) is 42.5 Å². The van der Waals surface area contributed by atoms with Crippen molar-refractivity contribution < 1.29 is 23.8 Å². The number of unbranched alkanes of at least 4 members (excludes halogenated alkanes) is 1. The van der Waals surface area contributed by atoms with Crippen LogP contribution < -0.4 is 9.64 Å². The molecule has 1 aromatic heterocycles. The van der Waals surface area contributed by atoms with Gasteiger partial charge in [0.1, 0.15) is 17.3 Å². The maximum absolute atomic E-state index is 13.8. The number of aliphatic hydroxyl groups is 1. The van der Waals surface area contributed by atoms with Crippen molar-refractivity contribution in [1.82, 2.24) is 4.98 Å². The number of aliphatic hydroxyl groups excluding tert-OH is 1. The molecule has 0 radical (unpaired) electrons. The second-order valence-electron chi connectivity index (χ2n) is 8.56. The fourth-order valence-electron chi connectivity index (χ4n) is 4.23. The molecule has 3 aromatic carbocycles. The van der Waals surface area contributed by atoms with Crippen molar-refractivity contribution >= 4 is 60.1 Å². The zero-order valence-electron chi connectivity index (χ0n) is 19.8. The van der Waals surface area contributed by atoms with Crippen LogP contribution >= 0.6 is 27.3 Å². The molecular weight excluding hydrogens is 559 g/mol. The Balaban J connectivity index is 1.65. The van der Waals surface area contributed by atoms with Gasteiger partial charge in [0, 0.05) is 10.0 Å². The Morgan fingerprint density at radius 1 is 1.14 bits per heavy atom. The van der Waals surface area contributed by atoms with E-state index in [0.29, 0.717) is 33.7 Å². The number of halogens is 2. The molecular formula is C28H22BrFN2O4S. The van der Waals surface area contributed by atoms with Gasteiger partial charge in [0.2, 0.25) is 0 Å². The Morgan fingerprint density at radius 2 is 1.95 bits per heavy atom. The molecule has 1 aliphatic rings. The third-order valence-corrected chi connectivity index (χ3v) is 7.54. The van der Waals surface area contributed by atoms with E-state index in [2.05, 4.69) is 27.8 Å². The summed E-state index contributed by atoms with van der Waals surface area (Å²) in [6.07, 6.45) is 1.87. The van der Waals surface area contributed by atoms with Crippen molar-refractivity contribution in [1.29, 1.82) is 0 Å². The molecule has 1 atom stereocenters. The van der Waals surface area contributed by atoms with Crippen LogP contribution in [0.5, 0.6) is 5.75 Å². The Hall–Kier alpha value is -3.56. The van der Waals surface area contributed by atoms with Crippen LogP contribution in [-0.2, 0) is 9.59 Å². The average molecular weight is 581 g/mol. The van der Waals surface area contributed by atoms with E-state index in [1.807, 2.05) is 6.07 Å². The van der Waals surface area contributed by atoms with Crippen LogP contribution in [0.25, 0.3) is 16.0 Å². The van der Waals surface area contributed by atoms with Crippen molar-refractivity contribution in [2.45, 2.75) is 25.8 Å². The molecule has 2 heterocycles. The van der Waals surface area contributed by atoms with E-state index in [1.165, 1.54) is 23.1 Å². The smallest absolute Gasteiger partial charge is 0.301 e. The fourth-order valence-corrected chi connectivity index (χ4v) is 5.67. The van der Waals surface area contributed by atoms with E-state index in [9.17, 15) is 19.1 Å². The summed E-state index contributed by atoms with van der Waals surface area (Å²) in [4.78, 5) is 32.6. The number of fused-ring (bicyclic) bond motifs is 1. The summed E-state index contributed by atoms with van der Waals surface area (Å²) in [6.45, 7) is 2.59. The number of nitrogens with zero attached hydrogens (tertiary/aromatic N) is 2. The van der Waals surface area contributed by atoms with Crippen LogP contribution in [0, 0.1) is 5.82 Å². The molecule has 0 saturated carbocycles. The second kappa shape index (κ2) is 10.4. The van der Waals surface area contributed by atoms with Crippen LogP contribution in [-0.4, -0.2) is 28.4 Å². The highest BCUT2D eigenvalue weighted by atomic mass is 79.9. The molecule has 6 nitrogen and oxygen atoms in total. The number of Topliss-reactive ketones (excluding diaryl/α,β-unsaturated/α-hetero) is 1. The topological polar surface area (TPSA) is 79.7 Å². The zero-order chi connectivity index (χ0) is 26.1. The van der Waals surface area contributed by atoms with Crippen molar-refractivity contribution in [2.24, 2.45) is 0 Å². The zero-order valence-corrected chi connectivity index (χ0v) is 22.2. The normalized spacial score (nSPS) is 17.1. The molecule has 0 bridgehead atoms. The molecule has 9 heteroatoms. The number of rotatable bonds is 7. The summed E-state index contributed by atoms with van der Waals surface area (Å²) >= 11 is 4.56. The lowest BCUT2D eigenvalue weighted by Gasteiger charge is -2.23. The number of amides is 1. The number of carbonyl (C=O) groups excluding carboxylic acids is 2. The highest BCUT2D eigenvalue weighted by Gasteiger charge is 2.48. The summed E-state index contributed by atoms with van der Waals surface area (Å²) in [6, 6.07) is 17.2. The Morgan fingerprint density at radius 3 is 2.73 bits per heavy atom. The average Bonchev–Trinajstić information content (AvgIpc) is 3.41. The van der Waals surface area contributed by atoms with Crippen molar-refractivity contribution in [3.63, 3.8) is 0 Å². The molecule has 1 amide bonds. The summed E-state index contributed by atoms with van der Waals surface area (Å²) < 4.78 is 20.9. The number of hydrogen-bond donors (Lipinski definition) is 1. The molecule has 1 unspecified atom stereocenters. The van der Waals surface area contributed by atoms with Crippen LogP contribution in [0.3, 0.4) is 0 Å². The first-order valence-electron chi connectivity index (χ1n) is 11.7. The first-order valence-corrected chi connectivity index (χ1v) is 13.3. The SMILES string of the molecule is CCCCOc1cccc(C(O)=C2C(=O)C(=O)N(c3nc4ccc(F)cc4s3)C2c2cccc(Br)c2)c1. The van der Waals surface area contributed by atoms with E-state index < -0.39 is 23.5 Å². The number of anilines is 1. The van der Waals surface area contributed by atoms with Gasteiger partial charge < -0.3 is 9.84 Å². The molecule has 4 aromatic rings. The van der Waals surface area contributed by atoms with Gasteiger partial charge >= 0.3 is 5.91 Å². The van der Waals surface area contributed by atoms with Crippen molar-refractivity contribution in [3.05, 3.63) is 93.7 Å². The largest absolute Gasteiger partial charge is 0.507 e. The maximum Gasteiger partial charge on any atom is 0.301 e. The number of benzene rings is 3. The lowest BCUT2D eigenvalue weighted by Crippen LogP contribution is -2.29. The van der Waals surface area contributed by atoms with Gasteiger partial charge in [0.15, 0.2) is 5.13 Å². The molecule has 1 aliphatic heterocycles. The predicted molar refractivity (Wildman–Crippen MR) is 145 cm³/mol. The van der Waals surface area contributed by atoms with Gasteiger partial charge in [-0.15, -0.1) is 0 Å². The quantitative estimate of drug-likeness (QED) is 0.110. The van der Waals surface area contributed by atoms with E-state index in [0.717, 1.165) is 28.7 Å². The van der Waals surface area contributed by atoms with Crippen LogP contribution in [0.15, 0.2) is 76.8 Å². The Kier molecular flexibility index (Phi) is 7.08. The van der Waals surface area contributed by atoms with Gasteiger partial charge in [-0.05, 0) is 54.4 Å². The number of aromatic nitrogens is 1. The summed E-state index contributed by atoms with van der Waals surface area (Å²) in [5.74, 6) is -1.82. The molecule has 188 valence electrons. The first-order chi connectivity index (χ1) is 17.9. The third kappa shape index (κ3) is 4.89. The van der Waals surface area contributed by atoms with Gasteiger partial charge in [-0.3, -0.25) is 14.5 Å². The van der Waals surface area contributed by atoms with Gasteiger partial charge in [-0.2, -0.15) is 0 Å². The lowest BCUT2D eigenvalue weighted by molar-refractivity contribution is -0.132. The molecule has 1 N–H and O–H groups in total. The minimum absolute atomic E-state index is 0.0563. The molecule has 1 fully saturated rings. The standard InChI is InChI=1S/C28H22BrFN2O4S/c1-2-3-12-36-20-9-5-7-17(14-20)25(33)23-24(16-6-4-8-18(29)13-16)32(27(35)26(23)34)28-31-21-11-10-19(30)15-22(21)37-28/h4-11,13-15,24,33H,2-3,12H2,1H3. The minimum atomic E-state index is -0.937. The molecule has 0 spiro atoms. The number of hydrogen-bond acceptors (Lipinski definition) is 6. The summed E-state index contributed by atoms with van der Waals surface area (Å²) in [5.41, 5.74) is 1.42. The van der Waals surface area contributed by atoms with Crippen LogP contribution in [0.1, 0.15) is 36.9 Å². The third-order valence-electron chi connectivity index (χ3n) is 6.03. The van der Waals surface area contributed by atoms with Crippen molar-refractivity contribution in [3.8, 4) is 5.75 Å². The maximum atomic E-state index is 13.8. The molecule has 1 saturated heterocycles. The van der Waals surface area contributed by atoms with E-state index in [-0.39, 0.29) is 16.5 Å². The predicted octanol–water partition coefficient (Wildman–Crippen LogP) is 7.00. The van der Waals surface area contributed by atoms with Gasteiger partial charge in [-0.25, -0.2) is 9.37 Å². The highest BCUT2D eigenvalue weighted by Crippen LogP contribution is 2.44. The van der Waals surface area contributed by atoms with Gasteiger partial charge in [-0.1, -0.05) is 64.9 Å². The number of carbonyl (C=O) groups is 2. The molecule has 0 aliphatic carbocycles. The van der Waals surface area contributed by atoms with Crippen LogP contribution in [0.2, 0.25) is 0 Å². The minimum Gasteiger partial charge on any atom is -0.507 e.